The van der Waals surface area contributed by atoms with Crippen LogP contribution in [-0.4, -0.2) is 24.0 Å². The summed E-state index contributed by atoms with van der Waals surface area (Å²) in [5.74, 6) is 0.380. The number of amides is 1. The van der Waals surface area contributed by atoms with Crippen LogP contribution in [0, 0.1) is 11.8 Å². The fraction of sp³-hybridized carbons (Fsp3) is 0.217. The Balaban J connectivity index is 0.00000150. The van der Waals surface area contributed by atoms with E-state index in [1.807, 2.05) is 48.7 Å². The molecule has 4 nitrogen and oxygen atoms in total. The second-order valence-electron chi connectivity index (χ2n) is 7.03. The van der Waals surface area contributed by atoms with Gasteiger partial charge in [-0.2, -0.15) is 0 Å². The molecule has 6 heteroatoms. The Kier molecular flexibility index (Phi) is 8.65. The molecule has 1 aromatic heterocycles. The molecule has 0 bridgehead atoms. The Morgan fingerprint density at radius 3 is 2.52 bits per heavy atom. The number of anilines is 1. The van der Waals surface area contributed by atoms with Crippen molar-refractivity contribution < 1.29 is 4.79 Å². The first-order valence-corrected chi connectivity index (χ1v) is 9.35. The minimum absolute atomic E-state index is 0. The van der Waals surface area contributed by atoms with E-state index in [4.69, 9.17) is 0 Å². The fourth-order valence-corrected chi connectivity index (χ4v) is 3.72. The molecule has 1 amide bonds. The topological polar surface area (TPSA) is 54.0 Å². The van der Waals surface area contributed by atoms with Crippen molar-refractivity contribution in [1.82, 2.24) is 10.3 Å². The molecule has 0 saturated carbocycles. The fourth-order valence-electron chi connectivity index (χ4n) is 3.72. The molecule has 0 spiro atoms. The molecule has 2 unspecified atom stereocenters. The standard InChI is InChI=1S/C23H23N3O.2ClH/c27-23(22-16-25-15-20(22)12-17-6-2-1-3-7-17)26-21-10-4-8-18(13-21)19-9-5-11-24-14-19;;/h1-11,13-14,20,22,25H,12,15-16H2,(H,26,27);2*1H. The third-order valence-corrected chi connectivity index (χ3v) is 5.14. The van der Waals surface area contributed by atoms with Crippen molar-refractivity contribution in [3.05, 3.63) is 84.7 Å². The van der Waals surface area contributed by atoms with Crippen molar-refractivity contribution in [3.8, 4) is 11.1 Å². The summed E-state index contributed by atoms with van der Waals surface area (Å²) < 4.78 is 0. The zero-order valence-corrected chi connectivity index (χ0v) is 17.6. The molecule has 3 aromatic rings. The Bertz CT molecular complexity index is 906. The molecule has 152 valence electrons. The molecule has 2 aromatic carbocycles. The highest BCUT2D eigenvalue weighted by Crippen LogP contribution is 2.25. The van der Waals surface area contributed by atoms with E-state index in [-0.39, 0.29) is 36.6 Å². The first-order chi connectivity index (χ1) is 13.3. The minimum Gasteiger partial charge on any atom is -0.326 e. The molecule has 1 saturated heterocycles. The molecule has 1 fully saturated rings. The summed E-state index contributed by atoms with van der Waals surface area (Å²) >= 11 is 0. The van der Waals surface area contributed by atoms with Crippen LogP contribution in [0.15, 0.2) is 79.1 Å². The van der Waals surface area contributed by atoms with Crippen molar-refractivity contribution >= 4 is 36.4 Å². The molecule has 2 heterocycles. The molecule has 1 aliphatic heterocycles. The van der Waals surface area contributed by atoms with Gasteiger partial charge in [-0.05, 0) is 48.2 Å². The van der Waals surface area contributed by atoms with Crippen molar-refractivity contribution in [2.24, 2.45) is 11.8 Å². The molecular weight excluding hydrogens is 405 g/mol. The summed E-state index contributed by atoms with van der Waals surface area (Å²) in [6.45, 7) is 1.61. The summed E-state index contributed by atoms with van der Waals surface area (Å²) in [7, 11) is 0. The molecule has 0 aliphatic carbocycles. The lowest BCUT2D eigenvalue weighted by molar-refractivity contribution is -0.120. The number of carbonyl (C=O) groups is 1. The van der Waals surface area contributed by atoms with Crippen LogP contribution >= 0.6 is 24.8 Å². The highest BCUT2D eigenvalue weighted by Gasteiger charge is 2.32. The lowest BCUT2D eigenvalue weighted by atomic mass is 9.89. The summed E-state index contributed by atoms with van der Waals surface area (Å²) in [5.41, 5.74) is 4.19. The van der Waals surface area contributed by atoms with Crippen LogP contribution in [-0.2, 0) is 11.2 Å². The van der Waals surface area contributed by atoms with Gasteiger partial charge in [-0.1, -0.05) is 48.5 Å². The van der Waals surface area contributed by atoms with Crippen LogP contribution in [0.2, 0.25) is 0 Å². The third kappa shape index (κ3) is 5.80. The Labute approximate surface area is 184 Å². The normalized spacial score (nSPS) is 17.7. The van der Waals surface area contributed by atoms with E-state index in [9.17, 15) is 4.79 Å². The van der Waals surface area contributed by atoms with Gasteiger partial charge in [0.1, 0.15) is 0 Å². The van der Waals surface area contributed by atoms with Crippen LogP contribution in [0.4, 0.5) is 5.69 Å². The van der Waals surface area contributed by atoms with E-state index in [1.54, 1.807) is 6.20 Å². The second-order valence-corrected chi connectivity index (χ2v) is 7.03. The van der Waals surface area contributed by atoms with Crippen LogP contribution in [0.3, 0.4) is 0 Å². The number of hydrogen-bond acceptors (Lipinski definition) is 3. The van der Waals surface area contributed by atoms with Gasteiger partial charge in [0.25, 0.3) is 0 Å². The highest BCUT2D eigenvalue weighted by molar-refractivity contribution is 5.93. The zero-order chi connectivity index (χ0) is 18.5. The summed E-state index contributed by atoms with van der Waals surface area (Å²) in [6, 6.07) is 22.3. The SMILES string of the molecule is Cl.Cl.O=C(Nc1cccc(-c2cccnc2)c1)C1CNCC1Cc1ccccc1. The summed E-state index contributed by atoms with van der Waals surface area (Å²) in [6.07, 6.45) is 4.51. The largest absolute Gasteiger partial charge is 0.326 e. The Morgan fingerprint density at radius 1 is 0.966 bits per heavy atom. The maximum Gasteiger partial charge on any atom is 0.229 e. The van der Waals surface area contributed by atoms with Gasteiger partial charge in [-0.3, -0.25) is 9.78 Å². The smallest absolute Gasteiger partial charge is 0.229 e. The number of aromatic nitrogens is 1. The van der Waals surface area contributed by atoms with Crippen molar-refractivity contribution in [1.29, 1.82) is 0 Å². The van der Waals surface area contributed by atoms with Crippen LogP contribution in [0.25, 0.3) is 11.1 Å². The lowest BCUT2D eigenvalue weighted by Crippen LogP contribution is -2.29. The molecule has 0 radical (unpaired) electrons. The van der Waals surface area contributed by atoms with E-state index >= 15 is 0 Å². The maximum atomic E-state index is 12.9. The van der Waals surface area contributed by atoms with Crippen molar-refractivity contribution in [2.75, 3.05) is 18.4 Å². The van der Waals surface area contributed by atoms with E-state index in [0.29, 0.717) is 5.92 Å². The minimum atomic E-state index is -0.0211. The van der Waals surface area contributed by atoms with Crippen LogP contribution in [0.5, 0.6) is 0 Å². The van der Waals surface area contributed by atoms with E-state index in [0.717, 1.165) is 36.3 Å². The number of rotatable bonds is 5. The number of benzene rings is 2. The maximum absolute atomic E-state index is 12.9. The number of carbonyl (C=O) groups excluding carboxylic acids is 1. The number of nitrogens with zero attached hydrogens (tertiary/aromatic N) is 1. The van der Waals surface area contributed by atoms with E-state index in [1.165, 1.54) is 5.56 Å². The van der Waals surface area contributed by atoms with Gasteiger partial charge in [0, 0.05) is 30.2 Å². The molecule has 2 atom stereocenters. The van der Waals surface area contributed by atoms with Crippen LogP contribution < -0.4 is 10.6 Å². The molecule has 2 N–H and O–H groups in total. The van der Waals surface area contributed by atoms with Crippen molar-refractivity contribution in [2.45, 2.75) is 6.42 Å². The van der Waals surface area contributed by atoms with Crippen molar-refractivity contribution in [3.63, 3.8) is 0 Å². The lowest BCUT2D eigenvalue weighted by Gasteiger charge is -2.18. The first-order valence-electron chi connectivity index (χ1n) is 9.35. The number of hydrogen-bond donors (Lipinski definition) is 2. The highest BCUT2D eigenvalue weighted by atomic mass is 35.5. The van der Waals surface area contributed by atoms with Crippen LogP contribution in [0.1, 0.15) is 5.56 Å². The summed E-state index contributed by atoms with van der Waals surface area (Å²) in [5, 5.41) is 6.49. The van der Waals surface area contributed by atoms with E-state index in [2.05, 4.69) is 39.9 Å². The van der Waals surface area contributed by atoms with E-state index < -0.39 is 0 Å². The monoisotopic (exact) mass is 429 g/mol. The average molecular weight is 430 g/mol. The number of nitrogens with one attached hydrogen (secondary N) is 2. The number of halogens is 2. The summed E-state index contributed by atoms with van der Waals surface area (Å²) in [4.78, 5) is 17.1. The van der Waals surface area contributed by atoms with Gasteiger partial charge in [-0.15, -0.1) is 24.8 Å². The second kappa shape index (κ2) is 11.0. The molecule has 4 rings (SSSR count). The van der Waals surface area contributed by atoms with Gasteiger partial charge >= 0.3 is 0 Å². The quantitative estimate of drug-likeness (QED) is 0.622. The molecule has 29 heavy (non-hydrogen) atoms. The third-order valence-electron chi connectivity index (χ3n) is 5.14. The molecule has 1 aliphatic rings. The van der Waals surface area contributed by atoms with Gasteiger partial charge in [-0.25, -0.2) is 0 Å². The Hall–Kier alpha value is -2.40. The predicted octanol–water partition coefficient (Wildman–Crippen LogP) is 4.61. The van der Waals surface area contributed by atoms with Gasteiger partial charge in [0.05, 0.1) is 5.92 Å². The average Bonchev–Trinajstić information content (AvgIpc) is 3.18. The van der Waals surface area contributed by atoms with Gasteiger partial charge in [0.15, 0.2) is 0 Å². The first kappa shape index (κ1) is 22.9. The van der Waals surface area contributed by atoms with Gasteiger partial charge in [0.2, 0.25) is 5.91 Å². The molecular formula is C23H25Cl2N3O. The number of pyridine rings is 1. The zero-order valence-electron chi connectivity index (χ0n) is 16.0. The Morgan fingerprint density at radius 2 is 1.76 bits per heavy atom. The van der Waals surface area contributed by atoms with Gasteiger partial charge < -0.3 is 10.6 Å². The predicted molar refractivity (Wildman–Crippen MR) is 123 cm³/mol.